The summed E-state index contributed by atoms with van der Waals surface area (Å²) in [7, 11) is 0. The van der Waals surface area contributed by atoms with Gasteiger partial charge < -0.3 is 4.74 Å². The van der Waals surface area contributed by atoms with E-state index in [1.165, 1.54) is 6.33 Å². The van der Waals surface area contributed by atoms with E-state index in [9.17, 15) is 0 Å². The van der Waals surface area contributed by atoms with E-state index < -0.39 is 0 Å². The summed E-state index contributed by atoms with van der Waals surface area (Å²) in [6.45, 7) is 2.45. The van der Waals surface area contributed by atoms with Crippen molar-refractivity contribution >= 4 is 11.6 Å². The Kier molecular flexibility index (Phi) is 4.31. The average Bonchev–Trinajstić information content (AvgIpc) is 2.39. The average molecular weight is 261 g/mol. The molecule has 2 aromatic rings. The predicted octanol–water partition coefficient (Wildman–Crippen LogP) is 3.75. The summed E-state index contributed by atoms with van der Waals surface area (Å²) in [6, 6.07) is 9.33. The molecular formula is C14H13ClN2O. The van der Waals surface area contributed by atoms with Crippen LogP contribution in [0.25, 0.3) is 11.3 Å². The molecule has 0 atom stereocenters. The molecule has 0 saturated carbocycles. The van der Waals surface area contributed by atoms with Crippen molar-refractivity contribution in [3.8, 4) is 17.1 Å². The molecule has 0 fully saturated rings. The zero-order chi connectivity index (χ0) is 12.8. The van der Waals surface area contributed by atoms with Crippen LogP contribution in [0.15, 0.2) is 48.8 Å². The van der Waals surface area contributed by atoms with Crippen molar-refractivity contribution in [3.63, 3.8) is 0 Å². The molecule has 92 valence electrons. The summed E-state index contributed by atoms with van der Waals surface area (Å²) in [5.74, 6) is 0.554. The highest BCUT2D eigenvalue weighted by Crippen LogP contribution is 2.22. The normalized spacial score (nSPS) is 10.8. The molecule has 0 aliphatic heterocycles. The highest BCUT2D eigenvalue weighted by atomic mass is 35.5. The number of halogens is 1. The first-order valence-corrected chi connectivity index (χ1v) is 5.99. The van der Waals surface area contributed by atoms with Crippen LogP contribution in [0.4, 0.5) is 0 Å². The maximum Gasteiger partial charge on any atom is 0.217 e. The summed E-state index contributed by atoms with van der Waals surface area (Å²) in [5, 5.41) is 0.683. The van der Waals surface area contributed by atoms with E-state index in [0.29, 0.717) is 17.5 Å². The fourth-order valence-electron chi connectivity index (χ4n) is 1.45. The van der Waals surface area contributed by atoms with Gasteiger partial charge in [-0.2, -0.15) is 0 Å². The van der Waals surface area contributed by atoms with Gasteiger partial charge in [-0.25, -0.2) is 9.97 Å². The molecule has 1 aromatic carbocycles. The molecule has 0 bridgehead atoms. The number of benzene rings is 1. The van der Waals surface area contributed by atoms with Gasteiger partial charge in [0.05, 0.1) is 5.69 Å². The quantitative estimate of drug-likeness (QED) is 0.786. The SMILES string of the molecule is CC=CCOc1cc(-c2cccc(Cl)c2)ncn1. The Labute approximate surface area is 111 Å². The zero-order valence-electron chi connectivity index (χ0n) is 10.0. The van der Waals surface area contributed by atoms with Crippen LogP contribution in [0.3, 0.4) is 0 Å². The summed E-state index contributed by atoms with van der Waals surface area (Å²) >= 11 is 5.95. The number of rotatable bonds is 4. The van der Waals surface area contributed by atoms with Crippen molar-refractivity contribution in [1.82, 2.24) is 9.97 Å². The van der Waals surface area contributed by atoms with Gasteiger partial charge in [0.15, 0.2) is 0 Å². The van der Waals surface area contributed by atoms with Crippen LogP contribution in [0.5, 0.6) is 5.88 Å². The van der Waals surface area contributed by atoms with Crippen LogP contribution >= 0.6 is 11.6 Å². The Morgan fingerprint density at radius 1 is 1.28 bits per heavy atom. The second-order valence-corrected chi connectivity index (χ2v) is 4.07. The number of nitrogens with zero attached hydrogens (tertiary/aromatic N) is 2. The standard InChI is InChI=1S/C14H13ClN2O/c1-2-3-7-18-14-9-13(16-10-17-14)11-5-4-6-12(15)8-11/h2-6,8-10H,7H2,1H3. The highest BCUT2D eigenvalue weighted by Gasteiger charge is 2.02. The molecule has 0 saturated heterocycles. The summed E-state index contributed by atoms with van der Waals surface area (Å²) < 4.78 is 5.47. The first-order valence-electron chi connectivity index (χ1n) is 5.61. The Hall–Kier alpha value is -1.87. The van der Waals surface area contributed by atoms with E-state index in [-0.39, 0.29) is 0 Å². The fourth-order valence-corrected chi connectivity index (χ4v) is 1.64. The fraction of sp³-hybridized carbons (Fsp3) is 0.143. The minimum absolute atomic E-state index is 0.502. The van der Waals surface area contributed by atoms with Gasteiger partial charge >= 0.3 is 0 Å². The van der Waals surface area contributed by atoms with Gasteiger partial charge in [-0.1, -0.05) is 35.9 Å². The molecule has 2 rings (SSSR count). The highest BCUT2D eigenvalue weighted by molar-refractivity contribution is 6.30. The number of hydrogen-bond acceptors (Lipinski definition) is 3. The van der Waals surface area contributed by atoms with Crippen molar-refractivity contribution in [2.75, 3.05) is 6.61 Å². The van der Waals surface area contributed by atoms with E-state index in [4.69, 9.17) is 16.3 Å². The lowest BCUT2D eigenvalue weighted by atomic mass is 10.1. The number of hydrogen-bond donors (Lipinski definition) is 0. The van der Waals surface area contributed by atoms with E-state index in [1.54, 1.807) is 6.07 Å². The first kappa shape index (κ1) is 12.6. The Balaban J connectivity index is 2.21. The van der Waals surface area contributed by atoms with Crippen molar-refractivity contribution in [2.24, 2.45) is 0 Å². The van der Waals surface area contributed by atoms with Gasteiger partial charge in [-0.3, -0.25) is 0 Å². The van der Waals surface area contributed by atoms with Gasteiger partial charge in [0.25, 0.3) is 0 Å². The van der Waals surface area contributed by atoms with E-state index in [0.717, 1.165) is 11.3 Å². The maximum atomic E-state index is 5.95. The number of ether oxygens (including phenoxy) is 1. The van der Waals surface area contributed by atoms with Crippen molar-refractivity contribution in [3.05, 3.63) is 53.8 Å². The van der Waals surface area contributed by atoms with Crippen molar-refractivity contribution < 1.29 is 4.74 Å². The van der Waals surface area contributed by atoms with Crippen LogP contribution in [0.2, 0.25) is 5.02 Å². The summed E-state index contributed by atoms with van der Waals surface area (Å²) in [5.41, 5.74) is 1.74. The predicted molar refractivity (Wildman–Crippen MR) is 72.8 cm³/mol. The van der Waals surface area contributed by atoms with Gasteiger partial charge in [-0.15, -0.1) is 0 Å². The van der Waals surface area contributed by atoms with E-state index >= 15 is 0 Å². The van der Waals surface area contributed by atoms with E-state index in [2.05, 4.69) is 9.97 Å². The minimum atomic E-state index is 0.502. The lowest BCUT2D eigenvalue weighted by Gasteiger charge is -2.04. The second-order valence-electron chi connectivity index (χ2n) is 3.63. The molecule has 0 aliphatic carbocycles. The van der Waals surface area contributed by atoms with Crippen molar-refractivity contribution in [2.45, 2.75) is 6.92 Å². The molecular weight excluding hydrogens is 248 g/mol. The Bertz CT molecular complexity index is 555. The molecule has 3 nitrogen and oxygen atoms in total. The first-order chi connectivity index (χ1) is 8.79. The summed E-state index contributed by atoms with van der Waals surface area (Å²) in [4.78, 5) is 8.27. The minimum Gasteiger partial charge on any atom is -0.473 e. The molecule has 0 aliphatic rings. The van der Waals surface area contributed by atoms with Crippen LogP contribution in [0.1, 0.15) is 6.92 Å². The van der Waals surface area contributed by atoms with E-state index in [1.807, 2.05) is 43.3 Å². The van der Waals surface area contributed by atoms with Gasteiger partial charge in [0.1, 0.15) is 12.9 Å². The monoisotopic (exact) mass is 260 g/mol. The van der Waals surface area contributed by atoms with Crippen LogP contribution in [0, 0.1) is 0 Å². The molecule has 0 N–H and O–H groups in total. The smallest absolute Gasteiger partial charge is 0.217 e. The molecule has 4 heteroatoms. The molecule has 1 aromatic heterocycles. The van der Waals surface area contributed by atoms with Gasteiger partial charge in [0, 0.05) is 16.7 Å². The zero-order valence-corrected chi connectivity index (χ0v) is 10.8. The summed E-state index contributed by atoms with van der Waals surface area (Å²) in [6.07, 6.45) is 5.33. The van der Waals surface area contributed by atoms with Gasteiger partial charge in [-0.05, 0) is 19.1 Å². The van der Waals surface area contributed by atoms with Crippen LogP contribution in [-0.2, 0) is 0 Å². The molecule has 1 heterocycles. The number of allylic oxidation sites excluding steroid dienone is 1. The Morgan fingerprint density at radius 3 is 2.94 bits per heavy atom. The van der Waals surface area contributed by atoms with Crippen LogP contribution in [-0.4, -0.2) is 16.6 Å². The third-order valence-corrected chi connectivity index (χ3v) is 2.56. The maximum absolute atomic E-state index is 5.95. The van der Waals surface area contributed by atoms with Crippen molar-refractivity contribution in [1.29, 1.82) is 0 Å². The Morgan fingerprint density at radius 2 is 2.17 bits per heavy atom. The molecule has 0 spiro atoms. The molecule has 0 amide bonds. The van der Waals surface area contributed by atoms with Crippen LogP contribution < -0.4 is 4.74 Å². The molecule has 18 heavy (non-hydrogen) atoms. The molecule has 0 radical (unpaired) electrons. The largest absolute Gasteiger partial charge is 0.473 e. The number of aromatic nitrogens is 2. The lowest BCUT2D eigenvalue weighted by molar-refractivity contribution is 0.347. The molecule has 0 unspecified atom stereocenters. The third-order valence-electron chi connectivity index (χ3n) is 2.33. The topological polar surface area (TPSA) is 35.0 Å². The lowest BCUT2D eigenvalue weighted by Crippen LogP contribution is -1.97. The van der Waals surface area contributed by atoms with Gasteiger partial charge in [0.2, 0.25) is 5.88 Å². The second kappa shape index (κ2) is 6.17. The third kappa shape index (κ3) is 3.31.